The van der Waals surface area contributed by atoms with E-state index in [2.05, 4.69) is 4.74 Å². The van der Waals surface area contributed by atoms with E-state index >= 15 is 0 Å². The van der Waals surface area contributed by atoms with Crippen LogP contribution in [0.3, 0.4) is 0 Å². The molecule has 5 aromatic carbocycles. The summed E-state index contributed by atoms with van der Waals surface area (Å²) >= 11 is 0. The predicted molar refractivity (Wildman–Crippen MR) is 137 cm³/mol. The lowest BCUT2D eigenvalue weighted by atomic mass is 9.96. The summed E-state index contributed by atoms with van der Waals surface area (Å²) in [7, 11) is 0. The average Bonchev–Trinajstić information content (AvgIpc) is 2.90. The minimum atomic E-state index is -5.53. The van der Waals surface area contributed by atoms with Crippen LogP contribution in [0.2, 0.25) is 0 Å². The van der Waals surface area contributed by atoms with E-state index in [1.165, 1.54) is 12.1 Å². The van der Waals surface area contributed by atoms with Crippen molar-refractivity contribution in [3.63, 3.8) is 0 Å². The molecule has 5 rings (SSSR count). The summed E-state index contributed by atoms with van der Waals surface area (Å²) in [6, 6.07) is 5.95. The van der Waals surface area contributed by atoms with Crippen LogP contribution in [0.5, 0.6) is 5.75 Å². The van der Waals surface area contributed by atoms with Crippen molar-refractivity contribution in [1.82, 2.24) is 0 Å². The van der Waals surface area contributed by atoms with Gasteiger partial charge in [-0.2, -0.15) is 22.0 Å². The van der Waals surface area contributed by atoms with Crippen LogP contribution >= 0.6 is 0 Å². The molecule has 0 heterocycles. The number of fused-ring (bicyclic) bond motifs is 2. The molecule has 0 unspecified atom stereocenters. The van der Waals surface area contributed by atoms with Crippen LogP contribution in [-0.4, -0.2) is 0 Å². The van der Waals surface area contributed by atoms with Crippen LogP contribution in [-0.2, 0) is 18.7 Å². The smallest absolute Gasteiger partial charge is 0.429 e. The summed E-state index contributed by atoms with van der Waals surface area (Å²) in [6.07, 6.45) is -9.36. The number of hydrogen-bond donors (Lipinski definition) is 0. The Morgan fingerprint density at radius 2 is 1.32 bits per heavy atom. The zero-order chi connectivity index (χ0) is 32.3. The SMILES string of the molecule is CCCc1ccc2cc(-c3ccc(C(F)(F)Oc4cc(F)c5c(F)c(C(F)(F)F)c(F)cc5c4)c(F)c3)c(F)c(F)c2c1F. The molecule has 0 fully saturated rings. The first kappa shape index (κ1) is 31.0. The highest BCUT2D eigenvalue weighted by Gasteiger charge is 2.41. The van der Waals surface area contributed by atoms with Gasteiger partial charge < -0.3 is 4.74 Å². The Morgan fingerprint density at radius 3 is 1.95 bits per heavy atom. The van der Waals surface area contributed by atoms with Crippen molar-refractivity contribution in [2.24, 2.45) is 0 Å². The van der Waals surface area contributed by atoms with E-state index in [1.807, 2.05) is 0 Å². The fraction of sp³-hybridized carbons (Fsp3) is 0.161. The lowest BCUT2D eigenvalue weighted by Crippen LogP contribution is -2.23. The standard InChI is InChI=1S/C31H16F12O/c1-2-3-13-4-5-15-9-18(27(36)29(38)24(15)26(13)35)14-6-7-19(20(32)10-14)31(42,43)44-17-8-16-11-22(34)25(30(39,40)41)28(37)23(16)21(33)12-17/h4-12H,2-3H2,1H3. The zero-order valence-corrected chi connectivity index (χ0v) is 22.1. The third kappa shape index (κ3) is 5.28. The first-order valence-electron chi connectivity index (χ1n) is 12.7. The van der Waals surface area contributed by atoms with E-state index in [-0.39, 0.29) is 29.5 Å². The highest BCUT2D eigenvalue weighted by Crippen LogP contribution is 2.41. The molecule has 0 atom stereocenters. The van der Waals surface area contributed by atoms with Gasteiger partial charge in [0.25, 0.3) is 0 Å². The third-order valence-electron chi connectivity index (χ3n) is 6.90. The van der Waals surface area contributed by atoms with Gasteiger partial charge >= 0.3 is 12.3 Å². The van der Waals surface area contributed by atoms with E-state index in [9.17, 15) is 52.7 Å². The van der Waals surface area contributed by atoms with Crippen LogP contribution in [0.4, 0.5) is 52.7 Å². The lowest BCUT2D eigenvalue weighted by Gasteiger charge is -2.20. The number of rotatable bonds is 6. The predicted octanol–water partition coefficient (Wildman–Crippen LogP) is 10.7. The van der Waals surface area contributed by atoms with E-state index in [4.69, 9.17) is 0 Å². The highest BCUT2D eigenvalue weighted by atomic mass is 19.4. The van der Waals surface area contributed by atoms with Gasteiger partial charge in [0.05, 0.1) is 16.3 Å². The molecule has 0 spiro atoms. The van der Waals surface area contributed by atoms with Gasteiger partial charge in [-0.1, -0.05) is 31.5 Å². The number of ether oxygens (including phenoxy) is 1. The Morgan fingerprint density at radius 1 is 0.614 bits per heavy atom. The molecule has 0 aromatic heterocycles. The second-order valence-corrected chi connectivity index (χ2v) is 9.80. The molecular weight excluding hydrogens is 616 g/mol. The van der Waals surface area contributed by atoms with Crippen molar-refractivity contribution in [1.29, 1.82) is 0 Å². The van der Waals surface area contributed by atoms with Crippen LogP contribution < -0.4 is 4.74 Å². The Hall–Kier alpha value is -4.42. The molecule has 0 bridgehead atoms. The Labute approximate surface area is 240 Å². The highest BCUT2D eigenvalue weighted by molar-refractivity contribution is 5.89. The molecule has 0 N–H and O–H groups in total. The monoisotopic (exact) mass is 632 g/mol. The second kappa shape index (κ2) is 10.9. The van der Waals surface area contributed by atoms with Crippen LogP contribution in [0.15, 0.2) is 54.6 Å². The molecule has 44 heavy (non-hydrogen) atoms. The maximum atomic E-state index is 15.0. The molecule has 5 aromatic rings. The van der Waals surface area contributed by atoms with Crippen molar-refractivity contribution in [3.05, 3.63) is 112 Å². The van der Waals surface area contributed by atoms with Crippen molar-refractivity contribution < 1.29 is 57.4 Å². The van der Waals surface area contributed by atoms with Gasteiger partial charge in [0.1, 0.15) is 40.4 Å². The first-order valence-corrected chi connectivity index (χ1v) is 12.7. The van der Waals surface area contributed by atoms with Crippen molar-refractivity contribution in [2.45, 2.75) is 32.1 Å². The van der Waals surface area contributed by atoms with Gasteiger partial charge in [-0.25, -0.2) is 30.7 Å². The van der Waals surface area contributed by atoms with E-state index < -0.39 is 97.2 Å². The fourth-order valence-electron chi connectivity index (χ4n) is 4.92. The second-order valence-electron chi connectivity index (χ2n) is 9.80. The van der Waals surface area contributed by atoms with E-state index in [0.29, 0.717) is 24.6 Å². The average molecular weight is 632 g/mol. The molecule has 1 nitrogen and oxygen atoms in total. The maximum absolute atomic E-state index is 15.0. The summed E-state index contributed by atoms with van der Waals surface area (Å²) < 4.78 is 176. The molecule has 230 valence electrons. The number of aryl methyl sites for hydroxylation is 1. The number of halogens is 12. The Kier molecular flexibility index (Phi) is 7.71. The molecule has 13 heteroatoms. The normalized spacial score (nSPS) is 12.4. The lowest BCUT2D eigenvalue weighted by molar-refractivity contribution is -0.187. The van der Waals surface area contributed by atoms with Crippen molar-refractivity contribution in [3.8, 4) is 16.9 Å². The summed E-state index contributed by atoms with van der Waals surface area (Å²) in [6.45, 7) is 1.76. The van der Waals surface area contributed by atoms with Gasteiger partial charge in [0.2, 0.25) is 0 Å². The molecule has 0 radical (unpaired) electrons. The summed E-state index contributed by atoms with van der Waals surface area (Å²) in [5, 5.41) is -2.97. The Balaban J connectivity index is 1.51. The molecule has 0 aliphatic heterocycles. The molecule has 0 saturated heterocycles. The molecule has 0 aliphatic rings. The third-order valence-corrected chi connectivity index (χ3v) is 6.90. The molecule has 0 saturated carbocycles. The van der Waals surface area contributed by atoms with Gasteiger partial charge in [-0.3, -0.25) is 0 Å². The fourth-order valence-corrected chi connectivity index (χ4v) is 4.92. The zero-order valence-electron chi connectivity index (χ0n) is 22.1. The van der Waals surface area contributed by atoms with Crippen LogP contribution in [0.1, 0.15) is 30.0 Å². The van der Waals surface area contributed by atoms with Crippen LogP contribution in [0.25, 0.3) is 32.7 Å². The number of alkyl halides is 5. The minimum Gasteiger partial charge on any atom is -0.429 e. The van der Waals surface area contributed by atoms with Crippen molar-refractivity contribution in [2.75, 3.05) is 0 Å². The van der Waals surface area contributed by atoms with Crippen molar-refractivity contribution >= 4 is 21.5 Å². The largest absolute Gasteiger partial charge is 0.429 e. The van der Waals surface area contributed by atoms with E-state index in [0.717, 1.165) is 12.1 Å². The minimum absolute atomic E-state index is 0.0679. The molecular formula is C31H16F12O. The van der Waals surface area contributed by atoms with Gasteiger partial charge in [0, 0.05) is 11.6 Å². The molecule has 0 aliphatic carbocycles. The first-order chi connectivity index (χ1) is 20.5. The van der Waals surface area contributed by atoms with Crippen LogP contribution in [0, 0.1) is 40.7 Å². The molecule has 0 amide bonds. The van der Waals surface area contributed by atoms with Gasteiger partial charge in [0.15, 0.2) is 11.6 Å². The quantitative estimate of drug-likeness (QED) is 0.169. The summed E-state index contributed by atoms with van der Waals surface area (Å²) in [5.41, 5.74) is -4.72. The number of hydrogen-bond acceptors (Lipinski definition) is 1. The topological polar surface area (TPSA) is 9.23 Å². The summed E-state index contributed by atoms with van der Waals surface area (Å²) in [4.78, 5) is 0. The maximum Gasteiger partial charge on any atom is 0.429 e. The van der Waals surface area contributed by atoms with Gasteiger partial charge in [-0.15, -0.1) is 0 Å². The number of benzene rings is 5. The van der Waals surface area contributed by atoms with E-state index in [1.54, 1.807) is 6.92 Å². The van der Waals surface area contributed by atoms with Gasteiger partial charge in [-0.05, 0) is 58.7 Å². The Bertz CT molecular complexity index is 1950. The summed E-state index contributed by atoms with van der Waals surface area (Å²) in [5.74, 6) is -13.2.